The van der Waals surface area contributed by atoms with Gasteiger partial charge in [0.05, 0.1) is 62.2 Å². The number of fused-ring (bicyclic) bond motifs is 5. The van der Waals surface area contributed by atoms with Gasteiger partial charge >= 0.3 is 18.0 Å². The van der Waals surface area contributed by atoms with Crippen LogP contribution in [-0.2, 0) is 42.9 Å². The van der Waals surface area contributed by atoms with Crippen molar-refractivity contribution < 1.29 is 57.9 Å². The number of ketones is 1. The summed E-state index contributed by atoms with van der Waals surface area (Å²) in [5, 5.41) is 34.9. The Labute approximate surface area is 331 Å². The first-order valence-electron chi connectivity index (χ1n) is 19.6. The van der Waals surface area contributed by atoms with Crippen molar-refractivity contribution in [3.05, 3.63) is 34.3 Å². The van der Waals surface area contributed by atoms with E-state index in [1.807, 2.05) is 18.7 Å². The quantitative estimate of drug-likeness (QED) is 0.0503. The molecule has 3 aliphatic carbocycles. The molecule has 3 amide bonds. The van der Waals surface area contributed by atoms with Gasteiger partial charge in [-0.3, -0.25) is 14.4 Å². The number of thioether (sulfide) groups is 1. The first kappa shape index (κ1) is 42.0. The highest BCUT2D eigenvalue weighted by Crippen LogP contribution is 2.63. The van der Waals surface area contributed by atoms with Crippen LogP contribution in [0.4, 0.5) is 4.79 Å². The summed E-state index contributed by atoms with van der Waals surface area (Å²) in [4.78, 5) is 63.7. The third kappa shape index (κ3) is 8.33. The average Bonchev–Trinajstić information content (AvgIpc) is 3.80. The summed E-state index contributed by atoms with van der Waals surface area (Å²) in [7, 11) is 1.46. The maximum atomic E-state index is 14.1. The molecule has 4 fully saturated rings. The first-order chi connectivity index (χ1) is 26.8. The molecule has 310 valence electrons. The minimum Gasteiger partial charge on any atom is -0.504 e. The van der Waals surface area contributed by atoms with Crippen LogP contribution in [0.15, 0.2) is 34.3 Å². The fraction of sp³-hybridized carbons (Fsp3) is 0.718. The highest BCUT2D eigenvalue weighted by atomic mass is 32.2. The van der Waals surface area contributed by atoms with E-state index in [1.165, 1.54) is 20.2 Å². The summed E-state index contributed by atoms with van der Waals surface area (Å²) < 4.78 is 28.5. The van der Waals surface area contributed by atoms with Crippen LogP contribution in [0.5, 0.6) is 0 Å². The fourth-order valence-corrected chi connectivity index (χ4v) is 11.1. The molecule has 0 spiro atoms. The number of rotatable bonds is 18. The number of esters is 2. The molecule has 0 aromatic rings. The second-order valence-corrected chi connectivity index (χ2v) is 17.1. The molecule has 6 N–H and O–H groups in total. The minimum absolute atomic E-state index is 0.0207. The largest absolute Gasteiger partial charge is 0.504 e. The number of allylic oxidation sites excluding steroid dienone is 1. The zero-order chi connectivity index (χ0) is 40.2. The molecule has 0 radical (unpaired) electrons. The smallest absolute Gasteiger partial charge is 0.340 e. The van der Waals surface area contributed by atoms with Crippen LogP contribution in [0.3, 0.4) is 0 Å². The molecule has 0 aromatic carbocycles. The van der Waals surface area contributed by atoms with Crippen LogP contribution < -0.4 is 21.3 Å². The molecule has 3 aliphatic heterocycles. The number of unbranched alkanes of at least 4 members (excludes halogenated alkanes) is 1. The Morgan fingerprint density at radius 2 is 1.80 bits per heavy atom. The van der Waals surface area contributed by atoms with Crippen molar-refractivity contribution in [1.29, 1.82) is 0 Å². The fourth-order valence-electron chi connectivity index (χ4n) is 9.54. The maximum Gasteiger partial charge on any atom is 0.340 e. The third-order valence-corrected chi connectivity index (χ3v) is 13.8. The number of urea groups is 1. The van der Waals surface area contributed by atoms with Crippen molar-refractivity contribution in [3.8, 4) is 0 Å². The van der Waals surface area contributed by atoms with E-state index in [0.29, 0.717) is 62.0 Å². The minimum atomic E-state index is -1.29. The van der Waals surface area contributed by atoms with Crippen molar-refractivity contribution in [3.63, 3.8) is 0 Å². The molecule has 0 aromatic heterocycles. The number of ether oxygens (including phenoxy) is 5. The highest BCUT2D eigenvalue weighted by Gasteiger charge is 2.64. The van der Waals surface area contributed by atoms with Crippen LogP contribution in [0.1, 0.15) is 65.7 Å². The lowest BCUT2D eigenvalue weighted by molar-refractivity contribution is -0.160. The van der Waals surface area contributed by atoms with Gasteiger partial charge < -0.3 is 55.2 Å². The summed E-state index contributed by atoms with van der Waals surface area (Å²) in [6, 6.07) is 0.297. The van der Waals surface area contributed by atoms with Crippen molar-refractivity contribution in [2.24, 2.45) is 16.7 Å². The molecular formula is C39H56N4O12S. The molecule has 6 rings (SSSR count). The van der Waals surface area contributed by atoms with E-state index in [-0.39, 0.29) is 61.3 Å². The number of Topliss-reactive ketones (excluding diaryl/α,β-unsaturated/α-hetero) is 1. The Hall–Kier alpha value is -3.64. The molecule has 16 nitrogen and oxygen atoms in total. The second-order valence-electron chi connectivity index (χ2n) is 15.8. The molecule has 0 bridgehead atoms. The number of hydrogen-bond acceptors (Lipinski definition) is 14. The monoisotopic (exact) mass is 804 g/mol. The van der Waals surface area contributed by atoms with Crippen LogP contribution in [-0.4, -0.2) is 135 Å². The van der Waals surface area contributed by atoms with Crippen molar-refractivity contribution in [1.82, 2.24) is 21.3 Å². The Bertz CT molecular complexity index is 1650. The summed E-state index contributed by atoms with van der Waals surface area (Å²) in [6.07, 6.45) is 3.16. The highest BCUT2D eigenvalue weighted by molar-refractivity contribution is 8.00. The molecule has 3 saturated heterocycles. The van der Waals surface area contributed by atoms with E-state index in [0.717, 1.165) is 25.0 Å². The van der Waals surface area contributed by atoms with Crippen molar-refractivity contribution in [2.45, 2.75) is 101 Å². The van der Waals surface area contributed by atoms with Gasteiger partial charge in [-0.25, -0.2) is 9.59 Å². The van der Waals surface area contributed by atoms with Gasteiger partial charge in [0, 0.05) is 67.3 Å². The molecule has 9 atom stereocenters. The normalized spacial score (nSPS) is 34.0. The predicted molar refractivity (Wildman–Crippen MR) is 203 cm³/mol. The number of nitrogens with one attached hydrogen (secondary N) is 4. The van der Waals surface area contributed by atoms with Crippen LogP contribution in [0.25, 0.3) is 0 Å². The van der Waals surface area contributed by atoms with E-state index in [1.54, 1.807) is 6.92 Å². The number of cyclic esters (lactones) is 1. The van der Waals surface area contributed by atoms with E-state index >= 15 is 0 Å². The van der Waals surface area contributed by atoms with Gasteiger partial charge in [0.2, 0.25) is 11.7 Å². The summed E-state index contributed by atoms with van der Waals surface area (Å²) in [5.41, 5.74) is -1.24. The molecular weight excluding hydrogens is 749 g/mol. The van der Waals surface area contributed by atoms with Gasteiger partial charge in [-0.2, -0.15) is 11.8 Å². The Morgan fingerprint density at radius 3 is 2.54 bits per heavy atom. The van der Waals surface area contributed by atoms with E-state index in [4.69, 9.17) is 23.7 Å². The van der Waals surface area contributed by atoms with Crippen LogP contribution in [0.2, 0.25) is 0 Å². The number of amides is 3. The lowest BCUT2D eigenvalue weighted by atomic mass is 9.53. The van der Waals surface area contributed by atoms with E-state index in [9.17, 15) is 34.2 Å². The van der Waals surface area contributed by atoms with Crippen LogP contribution in [0, 0.1) is 16.7 Å². The summed E-state index contributed by atoms with van der Waals surface area (Å²) >= 11 is 1.87. The number of carbonyl (C=O) groups is 5. The topological polar surface area (TPSA) is 220 Å². The lowest BCUT2D eigenvalue weighted by Gasteiger charge is -2.54. The van der Waals surface area contributed by atoms with Crippen molar-refractivity contribution >= 4 is 41.4 Å². The van der Waals surface area contributed by atoms with E-state index < -0.39 is 58.5 Å². The van der Waals surface area contributed by atoms with Crippen LogP contribution >= 0.6 is 11.8 Å². The predicted octanol–water partition coefficient (Wildman–Crippen LogP) is 1.72. The average molecular weight is 805 g/mol. The second kappa shape index (κ2) is 17.9. The van der Waals surface area contributed by atoms with Gasteiger partial charge in [0.25, 0.3) is 0 Å². The first-order valence-corrected chi connectivity index (χ1v) is 20.7. The maximum absolute atomic E-state index is 14.1. The zero-order valence-electron chi connectivity index (χ0n) is 32.6. The van der Waals surface area contributed by atoms with Crippen molar-refractivity contribution in [2.75, 3.05) is 59.0 Å². The van der Waals surface area contributed by atoms with Gasteiger partial charge in [-0.15, -0.1) is 0 Å². The van der Waals surface area contributed by atoms with Gasteiger partial charge in [-0.05, 0) is 50.5 Å². The number of aliphatic hydroxyl groups is 2. The summed E-state index contributed by atoms with van der Waals surface area (Å²) in [6.45, 7) is 6.76. The van der Waals surface area contributed by atoms with Gasteiger partial charge in [-0.1, -0.05) is 13.3 Å². The summed E-state index contributed by atoms with van der Waals surface area (Å²) in [5.74, 6) is -2.04. The molecule has 1 saturated carbocycles. The van der Waals surface area contributed by atoms with Gasteiger partial charge in [0.15, 0.2) is 5.76 Å². The van der Waals surface area contributed by atoms with Gasteiger partial charge in [0.1, 0.15) is 12.2 Å². The molecule has 6 aliphatic rings. The third-order valence-electron chi connectivity index (χ3n) is 12.3. The standard InChI is InChI=1S/C39H56N4O12S/c1-21(44)54-25-17-38(2)23(9-10-27(38)45)30-32(25)39(3)28(19-51-4)55-36(49)22(31(39)35(48)34(30)47)18-40-11-13-52-15-16-53-14-12-41-29(46)8-6-5-7-26-33-24(20-56-26)42-37(50)43-33/h18,23-28,33,40,45,48H,5-17,19-20H2,1-4H3,(H,41,46)(H2,42,43,50)/t23?,24-,25-,26-,27+,28-,33-,38+,39+/m1/s1. The Kier molecular flexibility index (Phi) is 13.4. The zero-order valence-corrected chi connectivity index (χ0v) is 33.4. The Morgan fingerprint density at radius 1 is 1.05 bits per heavy atom. The molecule has 3 heterocycles. The number of methoxy groups -OCH3 is 1. The molecule has 17 heteroatoms. The number of hydrogen-bond donors (Lipinski definition) is 6. The lowest BCUT2D eigenvalue weighted by Crippen LogP contribution is -2.57. The number of carbonyl (C=O) groups excluding carboxylic acids is 5. The SMILES string of the molecule is COC[C@H]1OC(=O)C(=CNCCOCCOCCNC(=O)CCCC[C@H]2SC[C@H]3NC(=O)N[C@H]32)C2=C(O)C(=O)C3=C([C@H](OC(C)=O)C[C@@]4(C)C3CC[C@@H]4O)[C@]21C. The molecule has 1 unspecified atom stereocenters. The Balaban J connectivity index is 0.958. The number of aliphatic hydroxyl groups excluding tert-OH is 2. The molecule has 56 heavy (non-hydrogen) atoms. The van der Waals surface area contributed by atoms with E-state index in [2.05, 4.69) is 21.3 Å².